The minimum atomic E-state index is -4.88. The summed E-state index contributed by atoms with van der Waals surface area (Å²) in [7, 11) is -4.88. The zero-order valence-corrected chi connectivity index (χ0v) is 16.4. The van der Waals surface area contributed by atoms with E-state index in [2.05, 4.69) is 9.50 Å². The Labute approximate surface area is 170 Å². The molecule has 2 rings (SSSR count). The predicted octanol–water partition coefficient (Wildman–Crippen LogP) is -5.43. The third-order valence-electron chi connectivity index (χ3n) is 4.56. The van der Waals surface area contributed by atoms with Crippen molar-refractivity contribution in [2.75, 3.05) is 13.2 Å². The van der Waals surface area contributed by atoms with Crippen LogP contribution in [0, 0.1) is 0 Å². The van der Waals surface area contributed by atoms with Crippen molar-refractivity contribution in [3.8, 4) is 0 Å². The Bertz CT molecular complexity index is 690. The van der Waals surface area contributed by atoms with E-state index >= 15 is 0 Å². The van der Waals surface area contributed by atoms with Gasteiger partial charge in [0.25, 0.3) is 0 Å². The first-order valence-electron chi connectivity index (χ1n) is 8.71. The first-order chi connectivity index (χ1) is 13.8. The molecule has 2 aliphatic rings. The van der Waals surface area contributed by atoms with Gasteiger partial charge in [-0.1, -0.05) is 0 Å². The zero-order valence-electron chi connectivity index (χ0n) is 15.6. The molecule has 0 radical (unpaired) electrons. The van der Waals surface area contributed by atoms with Crippen LogP contribution in [0.2, 0.25) is 0 Å². The van der Waals surface area contributed by atoms with Crippen molar-refractivity contribution in [3.63, 3.8) is 0 Å². The van der Waals surface area contributed by atoms with Gasteiger partial charge in [-0.05, 0) is 0 Å². The molecule has 15 nitrogen and oxygen atoms in total. The summed E-state index contributed by atoms with van der Waals surface area (Å²) in [6.45, 7) is -0.390. The molecule has 8 N–H and O–H groups in total. The van der Waals surface area contributed by atoms with E-state index in [1.54, 1.807) is 0 Å². The summed E-state index contributed by atoms with van der Waals surface area (Å²) in [5.74, 6) is -0.640. The average molecular weight is 463 g/mol. The van der Waals surface area contributed by atoms with Gasteiger partial charge in [-0.3, -0.25) is 9.35 Å². The molecule has 16 heteroatoms. The SMILES string of the molecule is CC(=O)N[C@H]1[C@H](OC[C@H]2OC(O)[C@H](O)[C@@H](O)[C@H]2O)O[C@H](COS(=O)(=O)O)[C@@H](O)[C@@H]1O. The number of carbonyl (C=O) groups excluding carboxylic acids is 1. The van der Waals surface area contributed by atoms with Crippen LogP contribution in [0.25, 0.3) is 0 Å². The number of rotatable bonds is 7. The van der Waals surface area contributed by atoms with Crippen LogP contribution in [0.15, 0.2) is 0 Å². The van der Waals surface area contributed by atoms with Crippen LogP contribution >= 0.6 is 0 Å². The highest BCUT2D eigenvalue weighted by atomic mass is 32.3. The molecule has 176 valence electrons. The minimum Gasteiger partial charge on any atom is -0.388 e. The lowest BCUT2D eigenvalue weighted by Gasteiger charge is -2.43. The Morgan fingerprint density at radius 1 is 0.900 bits per heavy atom. The highest BCUT2D eigenvalue weighted by Crippen LogP contribution is 2.25. The molecular weight excluding hydrogens is 438 g/mol. The molecule has 2 aliphatic heterocycles. The van der Waals surface area contributed by atoms with Crippen molar-refractivity contribution in [3.05, 3.63) is 0 Å². The second-order valence-corrected chi connectivity index (χ2v) is 7.92. The number of ether oxygens (including phenoxy) is 3. The molecule has 0 aliphatic carbocycles. The lowest BCUT2D eigenvalue weighted by atomic mass is 9.96. The average Bonchev–Trinajstić information content (AvgIpc) is 2.64. The molecular formula is C14H25NO14S. The molecule has 1 unspecified atom stereocenters. The topological polar surface area (TPSA) is 242 Å². The summed E-state index contributed by atoms with van der Waals surface area (Å²) in [4.78, 5) is 11.4. The molecule has 10 atom stereocenters. The maximum absolute atomic E-state index is 11.4. The number of aliphatic hydroxyl groups is 6. The second-order valence-electron chi connectivity index (χ2n) is 6.83. The van der Waals surface area contributed by atoms with E-state index in [1.165, 1.54) is 0 Å². The standard InChI is InChI=1S/C14H25NO14S/c1-4(16)15-7-10(19)8(17)6(3-27-30(23,24)25)29-14(7)26-2-5-9(18)11(20)12(21)13(22)28-5/h5-14,17-22H,2-3H2,1H3,(H,15,16)(H,23,24,25)/t5-,6-,7-,8-,9+,10-,11+,12-,13?,14-/m1/s1. The normalized spacial score (nSPS) is 42.7. The molecule has 0 aromatic rings. The summed E-state index contributed by atoms with van der Waals surface area (Å²) < 4.78 is 49.9. The smallest absolute Gasteiger partial charge is 0.388 e. The maximum Gasteiger partial charge on any atom is 0.397 e. The highest BCUT2D eigenvalue weighted by molar-refractivity contribution is 7.80. The summed E-state index contributed by atoms with van der Waals surface area (Å²) in [5, 5.41) is 61.3. The van der Waals surface area contributed by atoms with Gasteiger partial charge in [-0.25, -0.2) is 4.18 Å². The van der Waals surface area contributed by atoms with Crippen molar-refractivity contribution in [2.24, 2.45) is 0 Å². The van der Waals surface area contributed by atoms with Crippen LogP contribution < -0.4 is 5.32 Å². The van der Waals surface area contributed by atoms with Gasteiger partial charge in [-0.2, -0.15) is 8.42 Å². The quantitative estimate of drug-likeness (QED) is 0.164. The maximum atomic E-state index is 11.4. The van der Waals surface area contributed by atoms with Gasteiger partial charge >= 0.3 is 10.4 Å². The third-order valence-corrected chi connectivity index (χ3v) is 5.00. The molecule has 2 heterocycles. The Morgan fingerprint density at radius 2 is 1.47 bits per heavy atom. The van der Waals surface area contributed by atoms with Gasteiger partial charge in [0.05, 0.1) is 13.2 Å². The molecule has 0 spiro atoms. The number of amides is 1. The van der Waals surface area contributed by atoms with Gasteiger partial charge < -0.3 is 50.2 Å². The van der Waals surface area contributed by atoms with Gasteiger partial charge in [0.2, 0.25) is 5.91 Å². The van der Waals surface area contributed by atoms with Crippen molar-refractivity contribution in [1.82, 2.24) is 5.32 Å². The molecule has 0 bridgehead atoms. The van der Waals surface area contributed by atoms with E-state index in [1.807, 2.05) is 0 Å². The zero-order chi connectivity index (χ0) is 22.8. The summed E-state index contributed by atoms with van der Waals surface area (Å²) >= 11 is 0. The highest BCUT2D eigenvalue weighted by Gasteiger charge is 2.48. The minimum absolute atomic E-state index is 0.586. The number of hydrogen-bond donors (Lipinski definition) is 8. The van der Waals surface area contributed by atoms with Crippen LogP contribution in [0.5, 0.6) is 0 Å². The number of aliphatic hydroxyl groups excluding tert-OH is 6. The molecule has 0 aromatic carbocycles. The van der Waals surface area contributed by atoms with Crippen LogP contribution in [-0.4, -0.2) is 124 Å². The van der Waals surface area contributed by atoms with Crippen molar-refractivity contribution < 1.29 is 66.8 Å². The van der Waals surface area contributed by atoms with E-state index in [0.29, 0.717) is 0 Å². The Morgan fingerprint density at radius 3 is 2.03 bits per heavy atom. The van der Waals surface area contributed by atoms with Gasteiger partial charge in [0, 0.05) is 6.92 Å². The van der Waals surface area contributed by atoms with Crippen molar-refractivity contribution >= 4 is 16.3 Å². The van der Waals surface area contributed by atoms with E-state index in [-0.39, 0.29) is 0 Å². The van der Waals surface area contributed by atoms with Crippen LogP contribution in [0.1, 0.15) is 6.92 Å². The largest absolute Gasteiger partial charge is 0.397 e. The van der Waals surface area contributed by atoms with Gasteiger partial charge in [0.1, 0.15) is 48.8 Å². The fourth-order valence-electron chi connectivity index (χ4n) is 3.01. The van der Waals surface area contributed by atoms with E-state index in [9.17, 15) is 43.9 Å². The monoisotopic (exact) mass is 463 g/mol. The van der Waals surface area contributed by atoms with Gasteiger partial charge in [0.15, 0.2) is 12.6 Å². The Hall–Kier alpha value is -1.02. The number of carbonyl (C=O) groups is 1. The van der Waals surface area contributed by atoms with Crippen LogP contribution in [-0.2, 0) is 33.6 Å². The van der Waals surface area contributed by atoms with Crippen LogP contribution in [0.3, 0.4) is 0 Å². The molecule has 0 saturated carbocycles. The molecule has 2 saturated heterocycles. The first kappa shape index (κ1) is 25.2. The predicted molar refractivity (Wildman–Crippen MR) is 90.6 cm³/mol. The Kier molecular flexibility index (Phi) is 8.47. The molecule has 2 fully saturated rings. The second kappa shape index (κ2) is 10.1. The summed E-state index contributed by atoms with van der Waals surface area (Å²) in [5.41, 5.74) is 0. The lowest BCUT2D eigenvalue weighted by molar-refractivity contribution is -0.311. The molecule has 30 heavy (non-hydrogen) atoms. The van der Waals surface area contributed by atoms with Gasteiger partial charge in [-0.15, -0.1) is 0 Å². The fraction of sp³-hybridized carbons (Fsp3) is 0.929. The van der Waals surface area contributed by atoms with E-state index in [0.717, 1.165) is 6.92 Å². The fourth-order valence-corrected chi connectivity index (χ4v) is 3.32. The number of nitrogens with one attached hydrogen (secondary N) is 1. The van der Waals surface area contributed by atoms with Crippen LogP contribution in [0.4, 0.5) is 0 Å². The number of hydrogen-bond acceptors (Lipinski definition) is 13. The van der Waals surface area contributed by atoms with Crippen molar-refractivity contribution in [1.29, 1.82) is 0 Å². The first-order valence-corrected chi connectivity index (χ1v) is 10.1. The lowest BCUT2D eigenvalue weighted by Crippen LogP contribution is -2.65. The Balaban J connectivity index is 2.10. The summed E-state index contributed by atoms with van der Waals surface area (Å²) in [6, 6.07) is -1.36. The van der Waals surface area contributed by atoms with Crippen molar-refractivity contribution in [2.45, 2.75) is 68.3 Å². The third kappa shape index (κ3) is 6.25. The molecule has 1 amide bonds. The van der Waals surface area contributed by atoms with E-state index in [4.69, 9.17) is 18.8 Å². The summed E-state index contributed by atoms with van der Waals surface area (Å²) in [6.07, 6.45) is -14.9. The molecule has 0 aromatic heterocycles. The van der Waals surface area contributed by atoms with E-state index < -0.39 is 90.9 Å².